The lowest BCUT2D eigenvalue weighted by Gasteiger charge is -2.27. The summed E-state index contributed by atoms with van der Waals surface area (Å²) < 4.78 is 1.71. The van der Waals surface area contributed by atoms with Gasteiger partial charge in [0.1, 0.15) is 6.54 Å². The summed E-state index contributed by atoms with van der Waals surface area (Å²) in [5.41, 5.74) is 0. The number of carbonyl (C=O) groups is 1. The van der Waals surface area contributed by atoms with E-state index in [9.17, 15) is 4.79 Å². The van der Waals surface area contributed by atoms with E-state index < -0.39 is 0 Å². The van der Waals surface area contributed by atoms with Crippen LogP contribution in [0, 0.1) is 0 Å². The molecular weight excluding hydrogens is 287 g/mol. The highest BCUT2D eigenvalue weighted by molar-refractivity contribution is 5.85. The minimum absolute atomic E-state index is 0. The number of aromatic nitrogens is 2. The molecular formula is C12H20Cl2N4O. The van der Waals surface area contributed by atoms with Crippen LogP contribution in [-0.4, -0.2) is 45.8 Å². The lowest BCUT2D eigenvalue weighted by molar-refractivity contribution is -0.134. The monoisotopic (exact) mass is 306 g/mol. The molecule has 2 bridgehead atoms. The third kappa shape index (κ3) is 3.41. The zero-order valence-electron chi connectivity index (χ0n) is 10.7. The Morgan fingerprint density at radius 1 is 1.26 bits per heavy atom. The second kappa shape index (κ2) is 7.12. The molecule has 19 heavy (non-hydrogen) atoms. The smallest absolute Gasteiger partial charge is 0.244 e. The first-order valence-electron chi connectivity index (χ1n) is 6.34. The number of fused-ring (bicyclic) bond motifs is 2. The average Bonchev–Trinajstić information content (AvgIpc) is 2.85. The summed E-state index contributed by atoms with van der Waals surface area (Å²) in [6.45, 7) is 2.36. The van der Waals surface area contributed by atoms with Crippen molar-refractivity contribution < 1.29 is 4.79 Å². The number of halogens is 2. The van der Waals surface area contributed by atoms with Crippen LogP contribution in [0.2, 0.25) is 0 Å². The Hall–Kier alpha value is -0.780. The van der Waals surface area contributed by atoms with Crippen LogP contribution in [0.1, 0.15) is 19.3 Å². The Morgan fingerprint density at radius 3 is 2.79 bits per heavy atom. The highest BCUT2D eigenvalue weighted by atomic mass is 35.5. The number of nitrogens with one attached hydrogen (secondary N) is 1. The molecule has 3 rings (SSSR count). The van der Waals surface area contributed by atoms with E-state index in [2.05, 4.69) is 15.3 Å². The largest absolute Gasteiger partial charge is 0.334 e. The SMILES string of the molecule is Cl.Cl.O=C(Cn1cccn1)N1C2CCNCC1CC2. The van der Waals surface area contributed by atoms with Crippen LogP contribution in [0.15, 0.2) is 18.5 Å². The number of rotatable bonds is 2. The number of carbonyl (C=O) groups excluding carboxylic acids is 1. The molecule has 1 N–H and O–H groups in total. The van der Waals surface area contributed by atoms with Gasteiger partial charge in [-0.15, -0.1) is 24.8 Å². The molecule has 3 heterocycles. The molecule has 0 aromatic carbocycles. The fourth-order valence-corrected chi connectivity index (χ4v) is 3.00. The molecule has 7 heteroatoms. The van der Waals surface area contributed by atoms with Gasteiger partial charge in [-0.25, -0.2) is 0 Å². The first-order chi connectivity index (χ1) is 8.34. The second-order valence-corrected chi connectivity index (χ2v) is 4.88. The van der Waals surface area contributed by atoms with Crippen molar-refractivity contribution in [2.24, 2.45) is 0 Å². The molecule has 2 fully saturated rings. The zero-order chi connectivity index (χ0) is 11.7. The van der Waals surface area contributed by atoms with E-state index in [0.29, 0.717) is 18.6 Å². The lowest BCUT2D eigenvalue weighted by Crippen LogP contribution is -2.44. The summed E-state index contributed by atoms with van der Waals surface area (Å²) >= 11 is 0. The standard InChI is InChI=1S/C12H18N4O.2ClH/c17-12(9-15-7-1-5-14-15)16-10-2-3-11(16)8-13-6-4-10;;/h1,5,7,10-11,13H,2-4,6,8-9H2;2*1H. The third-order valence-corrected chi connectivity index (χ3v) is 3.80. The van der Waals surface area contributed by atoms with E-state index in [1.54, 1.807) is 10.9 Å². The van der Waals surface area contributed by atoms with Crippen LogP contribution in [0.5, 0.6) is 0 Å². The van der Waals surface area contributed by atoms with Crippen molar-refractivity contribution >= 4 is 30.7 Å². The molecule has 2 unspecified atom stereocenters. The third-order valence-electron chi connectivity index (χ3n) is 3.80. The molecule has 1 aromatic heterocycles. The van der Waals surface area contributed by atoms with Gasteiger partial charge in [0.25, 0.3) is 0 Å². The summed E-state index contributed by atoms with van der Waals surface area (Å²) in [5, 5.41) is 7.50. The van der Waals surface area contributed by atoms with Crippen LogP contribution in [0.4, 0.5) is 0 Å². The highest BCUT2D eigenvalue weighted by Crippen LogP contribution is 2.28. The van der Waals surface area contributed by atoms with Gasteiger partial charge in [-0.2, -0.15) is 5.10 Å². The van der Waals surface area contributed by atoms with Gasteiger partial charge < -0.3 is 10.2 Å². The molecule has 0 saturated carbocycles. The van der Waals surface area contributed by atoms with Gasteiger partial charge in [0, 0.05) is 31.0 Å². The molecule has 1 aromatic rings. The van der Waals surface area contributed by atoms with Crippen molar-refractivity contribution in [3.05, 3.63) is 18.5 Å². The van der Waals surface area contributed by atoms with Crippen molar-refractivity contribution in [3.8, 4) is 0 Å². The summed E-state index contributed by atoms with van der Waals surface area (Å²) in [6.07, 6.45) is 6.95. The maximum atomic E-state index is 12.3. The van der Waals surface area contributed by atoms with E-state index in [1.807, 2.05) is 12.3 Å². The van der Waals surface area contributed by atoms with E-state index in [0.717, 1.165) is 32.4 Å². The molecule has 1 amide bonds. The fraction of sp³-hybridized carbons (Fsp3) is 0.667. The van der Waals surface area contributed by atoms with Crippen LogP contribution >= 0.6 is 24.8 Å². The van der Waals surface area contributed by atoms with Gasteiger partial charge in [0.05, 0.1) is 0 Å². The molecule has 0 radical (unpaired) electrons. The van der Waals surface area contributed by atoms with Crippen molar-refractivity contribution in [1.29, 1.82) is 0 Å². The predicted octanol–water partition coefficient (Wildman–Crippen LogP) is 1.08. The van der Waals surface area contributed by atoms with Gasteiger partial charge in [-0.1, -0.05) is 0 Å². The molecule has 108 valence electrons. The first-order valence-corrected chi connectivity index (χ1v) is 6.34. The normalized spacial score (nSPS) is 25.2. The quantitative estimate of drug-likeness (QED) is 0.889. The van der Waals surface area contributed by atoms with Gasteiger partial charge in [-0.05, 0) is 31.9 Å². The van der Waals surface area contributed by atoms with Gasteiger partial charge in [-0.3, -0.25) is 9.48 Å². The summed E-state index contributed by atoms with van der Waals surface area (Å²) in [4.78, 5) is 14.4. The zero-order valence-corrected chi connectivity index (χ0v) is 12.3. The highest BCUT2D eigenvalue weighted by Gasteiger charge is 2.37. The Morgan fingerprint density at radius 2 is 2.05 bits per heavy atom. The van der Waals surface area contributed by atoms with E-state index in [4.69, 9.17) is 0 Å². The molecule has 0 spiro atoms. The topological polar surface area (TPSA) is 50.2 Å². The summed E-state index contributed by atoms with van der Waals surface area (Å²) in [5.74, 6) is 0.213. The predicted molar refractivity (Wildman–Crippen MR) is 77.9 cm³/mol. The number of hydrogen-bond donors (Lipinski definition) is 1. The Kier molecular flexibility index (Phi) is 6.10. The molecule has 2 atom stereocenters. The molecule has 2 aliphatic heterocycles. The van der Waals surface area contributed by atoms with Crippen LogP contribution in [0.25, 0.3) is 0 Å². The lowest BCUT2D eigenvalue weighted by atomic mass is 10.1. The Balaban J connectivity index is 0.000000902. The number of nitrogens with zero attached hydrogens (tertiary/aromatic N) is 3. The fourth-order valence-electron chi connectivity index (χ4n) is 3.00. The Labute approximate surface area is 125 Å². The second-order valence-electron chi connectivity index (χ2n) is 4.88. The van der Waals surface area contributed by atoms with Crippen LogP contribution in [-0.2, 0) is 11.3 Å². The maximum Gasteiger partial charge on any atom is 0.244 e. The van der Waals surface area contributed by atoms with E-state index in [1.165, 1.54) is 0 Å². The van der Waals surface area contributed by atoms with Gasteiger partial charge in [0.2, 0.25) is 5.91 Å². The minimum atomic E-state index is 0. The average molecular weight is 307 g/mol. The maximum absolute atomic E-state index is 12.3. The summed E-state index contributed by atoms with van der Waals surface area (Å²) in [6, 6.07) is 2.69. The van der Waals surface area contributed by atoms with Crippen molar-refractivity contribution in [3.63, 3.8) is 0 Å². The molecule has 5 nitrogen and oxygen atoms in total. The van der Waals surface area contributed by atoms with Gasteiger partial charge >= 0.3 is 0 Å². The molecule has 2 aliphatic rings. The van der Waals surface area contributed by atoms with Crippen molar-refractivity contribution in [2.75, 3.05) is 13.1 Å². The summed E-state index contributed by atoms with van der Waals surface area (Å²) in [7, 11) is 0. The van der Waals surface area contributed by atoms with Gasteiger partial charge in [0.15, 0.2) is 0 Å². The molecule has 2 saturated heterocycles. The van der Waals surface area contributed by atoms with E-state index in [-0.39, 0.29) is 30.7 Å². The van der Waals surface area contributed by atoms with Crippen molar-refractivity contribution in [2.45, 2.75) is 37.9 Å². The van der Waals surface area contributed by atoms with E-state index >= 15 is 0 Å². The number of hydrogen-bond acceptors (Lipinski definition) is 3. The first kappa shape index (κ1) is 16.3. The van der Waals surface area contributed by atoms with Crippen LogP contribution in [0.3, 0.4) is 0 Å². The van der Waals surface area contributed by atoms with Crippen LogP contribution < -0.4 is 5.32 Å². The minimum Gasteiger partial charge on any atom is -0.334 e. The Bertz CT molecular complexity index is 384. The van der Waals surface area contributed by atoms with Crippen molar-refractivity contribution in [1.82, 2.24) is 20.0 Å². The molecule has 0 aliphatic carbocycles. The number of amides is 1.